The Morgan fingerprint density at radius 2 is 2.19 bits per heavy atom. The number of carbonyl (C=O) groups is 2. The van der Waals surface area contributed by atoms with Crippen LogP contribution in [0.15, 0.2) is 41.0 Å². The highest BCUT2D eigenvalue weighted by Crippen LogP contribution is 2.22. The van der Waals surface area contributed by atoms with Gasteiger partial charge in [-0.25, -0.2) is 9.78 Å². The number of benzene rings is 1. The third kappa shape index (κ3) is 5.17. The first-order chi connectivity index (χ1) is 13.2. The fourth-order valence-corrected chi connectivity index (χ4v) is 3.16. The lowest BCUT2D eigenvalue weighted by Gasteiger charge is -2.19. The van der Waals surface area contributed by atoms with Crippen LogP contribution >= 0.6 is 0 Å². The van der Waals surface area contributed by atoms with Crippen LogP contribution in [-0.2, 0) is 16.0 Å². The second-order valence-corrected chi connectivity index (χ2v) is 6.58. The summed E-state index contributed by atoms with van der Waals surface area (Å²) in [6, 6.07) is 8.71. The number of amides is 1. The molecule has 1 amide bonds. The molecule has 2 atom stereocenters. The molecule has 2 unspecified atom stereocenters. The molecule has 1 aliphatic rings. The van der Waals surface area contributed by atoms with Crippen LogP contribution < -0.4 is 10.6 Å². The number of aromatic nitrogens is 1. The fourth-order valence-electron chi connectivity index (χ4n) is 3.16. The highest BCUT2D eigenvalue weighted by atomic mass is 16.5. The third-order valence-electron chi connectivity index (χ3n) is 4.56. The van der Waals surface area contributed by atoms with Crippen LogP contribution in [0.2, 0.25) is 0 Å². The van der Waals surface area contributed by atoms with Gasteiger partial charge in [-0.2, -0.15) is 0 Å². The standard InChI is InChI=1S/C20H25N3O4/c1-2-26-20(25)16(11-14-7-4-3-5-8-14)22-18(24)17-13-27-19(23-17)15-9-6-10-21-12-15/h3-5,7-8,13,15-16,21H,2,6,9-12H2,1H3,(H,22,24). The molecule has 1 saturated heterocycles. The molecule has 2 heterocycles. The van der Waals surface area contributed by atoms with Crippen LogP contribution in [0.1, 0.15) is 47.6 Å². The van der Waals surface area contributed by atoms with Gasteiger partial charge < -0.3 is 19.8 Å². The van der Waals surface area contributed by atoms with Crippen molar-refractivity contribution in [1.29, 1.82) is 0 Å². The molecular weight excluding hydrogens is 346 g/mol. The quantitative estimate of drug-likeness (QED) is 0.724. The maximum Gasteiger partial charge on any atom is 0.328 e. The molecule has 1 aromatic heterocycles. The van der Waals surface area contributed by atoms with Crippen molar-refractivity contribution in [2.24, 2.45) is 0 Å². The fraction of sp³-hybridized carbons (Fsp3) is 0.450. The second kappa shape index (κ2) is 9.32. The zero-order chi connectivity index (χ0) is 19.1. The van der Waals surface area contributed by atoms with Crippen molar-refractivity contribution in [3.63, 3.8) is 0 Å². The van der Waals surface area contributed by atoms with Gasteiger partial charge in [0.15, 0.2) is 11.6 Å². The van der Waals surface area contributed by atoms with Crippen molar-refractivity contribution >= 4 is 11.9 Å². The summed E-state index contributed by atoms with van der Waals surface area (Å²) in [5.41, 5.74) is 1.11. The molecule has 2 N–H and O–H groups in total. The number of esters is 1. The topological polar surface area (TPSA) is 93.5 Å². The molecule has 1 aromatic carbocycles. The average molecular weight is 371 g/mol. The Morgan fingerprint density at radius 1 is 1.37 bits per heavy atom. The van der Waals surface area contributed by atoms with Gasteiger partial charge in [0.05, 0.1) is 6.61 Å². The SMILES string of the molecule is CCOC(=O)C(Cc1ccccc1)NC(=O)c1coc(C2CCCNC2)n1. The van der Waals surface area contributed by atoms with Gasteiger partial charge in [-0.15, -0.1) is 0 Å². The zero-order valence-corrected chi connectivity index (χ0v) is 15.4. The molecule has 3 rings (SSSR count). The zero-order valence-electron chi connectivity index (χ0n) is 15.4. The lowest BCUT2D eigenvalue weighted by atomic mass is 10.00. The van der Waals surface area contributed by atoms with Gasteiger partial charge in [-0.3, -0.25) is 4.79 Å². The number of hydrogen-bond donors (Lipinski definition) is 2. The van der Waals surface area contributed by atoms with E-state index in [1.54, 1.807) is 6.92 Å². The molecule has 7 nitrogen and oxygen atoms in total. The summed E-state index contributed by atoms with van der Waals surface area (Å²) in [6.07, 6.45) is 3.73. The summed E-state index contributed by atoms with van der Waals surface area (Å²) in [5.74, 6) is -0.175. The summed E-state index contributed by atoms with van der Waals surface area (Å²) in [4.78, 5) is 29.2. The minimum Gasteiger partial charge on any atom is -0.464 e. The molecule has 2 aromatic rings. The summed E-state index contributed by atoms with van der Waals surface area (Å²) >= 11 is 0. The molecule has 1 fully saturated rings. The maximum atomic E-state index is 12.6. The molecular formula is C20H25N3O4. The predicted octanol–water partition coefficient (Wildman–Crippen LogP) is 2.05. The van der Waals surface area contributed by atoms with Crippen molar-refractivity contribution in [2.45, 2.75) is 38.1 Å². The highest BCUT2D eigenvalue weighted by molar-refractivity contribution is 5.95. The van der Waals surface area contributed by atoms with E-state index < -0.39 is 17.9 Å². The Labute approximate surface area is 158 Å². The molecule has 7 heteroatoms. The van der Waals surface area contributed by atoms with Crippen molar-refractivity contribution in [2.75, 3.05) is 19.7 Å². The van der Waals surface area contributed by atoms with Crippen molar-refractivity contribution in [3.05, 3.63) is 53.7 Å². The van der Waals surface area contributed by atoms with E-state index in [0.29, 0.717) is 12.3 Å². The number of nitrogens with zero attached hydrogens (tertiary/aromatic N) is 1. The number of nitrogens with one attached hydrogen (secondary N) is 2. The second-order valence-electron chi connectivity index (χ2n) is 6.58. The normalized spacial score (nSPS) is 17.9. The molecule has 0 aliphatic carbocycles. The number of hydrogen-bond acceptors (Lipinski definition) is 6. The van der Waals surface area contributed by atoms with Crippen molar-refractivity contribution in [1.82, 2.24) is 15.6 Å². The van der Waals surface area contributed by atoms with Gasteiger partial charge in [0.25, 0.3) is 5.91 Å². The smallest absolute Gasteiger partial charge is 0.328 e. The van der Waals surface area contributed by atoms with E-state index in [0.717, 1.165) is 31.5 Å². The average Bonchev–Trinajstić information content (AvgIpc) is 3.19. The Bertz CT molecular complexity index is 754. The van der Waals surface area contributed by atoms with Crippen LogP contribution in [0.25, 0.3) is 0 Å². The summed E-state index contributed by atoms with van der Waals surface area (Å²) in [5, 5.41) is 6.03. The molecule has 0 radical (unpaired) electrons. The van der Waals surface area contributed by atoms with Crippen molar-refractivity contribution < 1.29 is 18.7 Å². The van der Waals surface area contributed by atoms with Gasteiger partial charge in [-0.05, 0) is 31.9 Å². The summed E-state index contributed by atoms with van der Waals surface area (Å²) in [7, 11) is 0. The third-order valence-corrected chi connectivity index (χ3v) is 4.56. The summed E-state index contributed by atoms with van der Waals surface area (Å²) < 4.78 is 10.6. The number of oxazole rings is 1. The first kappa shape index (κ1) is 19.1. The molecule has 144 valence electrons. The van der Waals surface area contributed by atoms with Crippen molar-refractivity contribution in [3.8, 4) is 0 Å². The lowest BCUT2D eigenvalue weighted by molar-refractivity contribution is -0.145. The number of carbonyl (C=O) groups excluding carboxylic acids is 2. The Morgan fingerprint density at radius 3 is 2.89 bits per heavy atom. The van der Waals surface area contributed by atoms with Gasteiger partial charge in [0.2, 0.25) is 0 Å². The van der Waals surface area contributed by atoms with Crippen LogP contribution in [0.4, 0.5) is 0 Å². The number of rotatable bonds is 7. The van der Waals surface area contributed by atoms with E-state index in [-0.39, 0.29) is 18.2 Å². The Balaban J connectivity index is 1.68. The van der Waals surface area contributed by atoms with E-state index in [4.69, 9.17) is 9.15 Å². The number of ether oxygens (including phenoxy) is 1. The van der Waals surface area contributed by atoms with E-state index >= 15 is 0 Å². The molecule has 0 bridgehead atoms. The van der Waals surface area contributed by atoms with E-state index in [9.17, 15) is 9.59 Å². The minimum absolute atomic E-state index is 0.172. The first-order valence-electron chi connectivity index (χ1n) is 9.35. The number of piperidine rings is 1. The van der Waals surface area contributed by atoms with Crippen LogP contribution in [-0.4, -0.2) is 42.6 Å². The van der Waals surface area contributed by atoms with Crippen LogP contribution in [0.3, 0.4) is 0 Å². The summed E-state index contributed by atoms with van der Waals surface area (Å²) in [6.45, 7) is 3.77. The van der Waals surface area contributed by atoms with E-state index in [2.05, 4.69) is 15.6 Å². The predicted molar refractivity (Wildman–Crippen MR) is 99.4 cm³/mol. The molecule has 0 saturated carbocycles. The van der Waals surface area contributed by atoms with Gasteiger partial charge in [-0.1, -0.05) is 30.3 Å². The van der Waals surface area contributed by atoms with Gasteiger partial charge in [0, 0.05) is 18.9 Å². The molecule has 1 aliphatic heterocycles. The maximum absolute atomic E-state index is 12.6. The first-order valence-corrected chi connectivity index (χ1v) is 9.35. The van der Waals surface area contributed by atoms with Crippen LogP contribution in [0.5, 0.6) is 0 Å². The lowest BCUT2D eigenvalue weighted by Crippen LogP contribution is -2.43. The highest BCUT2D eigenvalue weighted by Gasteiger charge is 2.26. The molecule has 27 heavy (non-hydrogen) atoms. The Hall–Kier alpha value is -2.67. The molecule has 0 spiro atoms. The monoisotopic (exact) mass is 371 g/mol. The van der Waals surface area contributed by atoms with E-state index in [1.165, 1.54) is 6.26 Å². The van der Waals surface area contributed by atoms with Gasteiger partial charge >= 0.3 is 5.97 Å². The minimum atomic E-state index is -0.781. The van der Waals surface area contributed by atoms with Gasteiger partial charge in [0.1, 0.15) is 12.3 Å². The Kier molecular flexibility index (Phi) is 6.59. The largest absolute Gasteiger partial charge is 0.464 e. The van der Waals surface area contributed by atoms with Crippen LogP contribution in [0, 0.1) is 0 Å². The van der Waals surface area contributed by atoms with E-state index in [1.807, 2.05) is 30.3 Å².